The number of methoxy groups -OCH3 is 1. The first-order valence-corrected chi connectivity index (χ1v) is 4.70. The van der Waals surface area contributed by atoms with Crippen LogP contribution in [0.4, 0.5) is 0 Å². The van der Waals surface area contributed by atoms with Crippen molar-refractivity contribution in [3.8, 4) is 0 Å². The van der Waals surface area contributed by atoms with Gasteiger partial charge in [0.2, 0.25) is 0 Å². The van der Waals surface area contributed by atoms with Gasteiger partial charge in [0.15, 0.2) is 0 Å². The molecule has 2 aromatic rings. The molecule has 2 aromatic heterocycles. The summed E-state index contributed by atoms with van der Waals surface area (Å²) in [6, 6.07) is 1.69. The van der Waals surface area contributed by atoms with E-state index in [0.717, 1.165) is 5.52 Å². The number of aryl methyl sites for hydroxylation is 1. The van der Waals surface area contributed by atoms with Gasteiger partial charge in [0, 0.05) is 17.3 Å². The van der Waals surface area contributed by atoms with Gasteiger partial charge in [0.25, 0.3) is 5.78 Å². The first-order chi connectivity index (χ1) is 7.65. The monoisotopic (exact) mass is 218 g/mol. The van der Waals surface area contributed by atoms with E-state index in [9.17, 15) is 9.59 Å². The van der Waals surface area contributed by atoms with Gasteiger partial charge < -0.3 is 9.72 Å². The van der Waals surface area contributed by atoms with Crippen molar-refractivity contribution in [3.63, 3.8) is 0 Å². The van der Waals surface area contributed by atoms with Crippen molar-refractivity contribution >= 4 is 22.7 Å². The van der Waals surface area contributed by atoms with Crippen molar-refractivity contribution in [1.82, 2.24) is 9.97 Å². The Morgan fingerprint density at radius 2 is 2.19 bits per heavy atom. The van der Waals surface area contributed by atoms with Gasteiger partial charge in [-0.25, -0.2) is 4.79 Å². The van der Waals surface area contributed by atoms with Crippen LogP contribution in [-0.4, -0.2) is 28.8 Å². The van der Waals surface area contributed by atoms with Crippen LogP contribution in [0.2, 0.25) is 0 Å². The van der Waals surface area contributed by atoms with Crippen LogP contribution in [0.25, 0.3) is 10.9 Å². The van der Waals surface area contributed by atoms with Gasteiger partial charge in [0.05, 0.1) is 24.4 Å². The second-order valence-electron chi connectivity index (χ2n) is 3.37. The molecule has 5 nitrogen and oxygen atoms in total. The highest BCUT2D eigenvalue weighted by Crippen LogP contribution is 2.21. The number of fused-ring (bicyclic) bond motifs is 1. The van der Waals surface area contributed by atoms with Crippen LogP contribution in [-0.2, 0) is 9.53 Å². The maximum absolute atomic E-state index is 11.8. The topological polar surface area (TPSA) is 72.1 Å². The fourth-order valence-corrected chi connectivity index (χ4v) is 1.67. The van der Waals surface area contributed by atoms with Crippen molar-refractivity contribution in [2.75, 3.05) is 7.11 Å². The number of carbonyl (C=O) groups excluding carboxylic acids is 2. The fraction of sp³-hybridized carbons (Fsp3) is 0.182. The first-order valence-electron chi connectivity index (χ1n) is 4.70. The number of rotatable bonds is 2. The lowest BCUT2D eigenvalue weighted by Gasteiger charge is -1.98. The molecule has 16 heavy (non-hydrogen) atoms. The first kappa shape index (κ1) is 10.4. The number of hydrogen-bond donors (Lipinski definition) is 1. The maximum atomic E-state index is 11.8. The number of esters is 1. The van der Waals surface area contributed by atoms with E-state index >= 15 is 0 Å². The summed E-state index contributed by atoms with van der Waals surface area (Å²) < 4.78 is 4.42. The normalized spacial score (nSPS) is 10.4. The Morgan fingerprint density at radius 3 is 2.88 bits per heavy atom. The summed E-state index contributed by atoms with van der Waals surface area (Å²) in [5.74, 6) is -1.50. The molecule has 0 aliphatic heterocycles. The summed E-state index contributed by atoms with van der Waals surface area (Å²) in [6.45, 7) is 1.73. The van der Waals surface area contributed by atoms with Crippen molar-refractivity contribution < 1.29 is 14.3 Å². The largest absolute Gasteiger partial charge is 0.463 e. The number of pyridine rings is 1. The average Bonchev–Trinajstić information content (AvgIpc) is 2.63. The predicted octanol–water partition coefficient (Wildman–Crippen LogP) is 1.23. The van der Waals surface area contributed by atoms with Crippen molar-refractivity contribution in [3.05, 3.63) is 29.7 Å². The molecule has 0 spiro atoms. The van der Waals surface area contributed by atoms with Gasteiger partial charge in [-0.05, 0) is 13.0 Å². The van der Waals surface area contributed by atoms with E-state index in [-0.39, 0.29) is 0 Å². The summed E-state index contributed by atoms with van der Waals surface area (Å²) >= 11 is 0. The molecule has 0 aliphatic carbocycles. The van der Waals surface area contributed by atoms with E-state index in [1.165, 1.54) is 7.11 Å². The van der Waals surface area contributed by atoms with E-state index in [1.54, 1.807) is 25.4 Å². The zero-order valence-corrected chi connectivity index (χ0v) is 8.90. The maximum Gasteiger partial charge on any atom is 0.379 e. The van der Waals surface area contributed by atoms with Gasteiger partial charge in [-0.15, -0.1) is 0 Å². The highest BCUT2D eigenvalue weighted by molar-refractivity contribution is 6.43. The Bertz CT molecular complexity index is 572. The molecule has 2 heterocycles. The van der Waals surface area contributed by atoms with E-state index in [0.29, 0.717) is 16.6 Å². The van der Waals surface area contributed by atoms with Crippen molar-refractivity contribution in [2.45, 2.75) is 6.92 Å². The van der Waals surface area contributed by atoms with Crippen LogP contribution in [0.1, 0.15) is 16.1 Å². The highest BCUT2D eigenvalue weighted by Gasteiger charge is 2.22. The Kier molecular flexibility index (Phi) is 2.44. The Balaban J connectivity index is 2.64. The molecule has 0 aliphatic rings. The molecular weight excluding hydrogens is 208 g/mol. The molecule has 0 bridgehead atoms. The molecule has 1 N–H and O–H groups in total. The van der Waals surface area contributed by atoms with Crippen LogP contribution < -0.4 is 0 Å². The zero-order chi connectivity index (χ0) is 11.7. The van der Waals surface area contributed by atoms with Gasteiger partial charge in [-0.1, -0.05) is 0 Å². The number of hydrogen-bond acceptors (Lipinski definition) is 4. The lowest BCUT2D eigenvalue weighted by molar-refractivity contribution is -0.135. The minimum atomic E-state index is -0.860. The van der Waals surface area contributed by atoms with E-state index in [4.69, 9.17) is 0 Å². The zero-order valence-electron chi connectivity index (χ0n) is 8.90. The predicted molar refractivity (Wildman–Crippen MR) is 57.2 cm³/mol. The molecule has 0 atom stereocenters. The number of ether oxygens (including phenoxy) is 1. The van der Waals surface area contributed by atoms with Gasteiger partial charge >= 0.3 is 5.97 Å². The Morgan fingerprint density at radius 1 is 1.44 bits per heavy atom. The number of H-pyrrole nitrogens is 1. The Hall–Kier alpha value is -2.17. The number of Topliss-reactive ketones (excluding diaryl/α,β-unsaturated/α-hetero) is 1. The molecule has 5 heteroatoms. The molecule has 0 fully saturated rings. The van der Waals surface area contributed by atoms with E-state index in [2.05, 4.69) is 14.7 Å². The van der Waals surface area contributed by atoms with Gasteiger partial charge in [-0.2, -0.15) is 0 Å². The minimum absolute atomic E-state index is 0.351. The summed E-state index contributed by atoms with van der Waals surface area (Å²) in [5.41, 5.74) is 1.72. The second kappa shape index (κ2) is 3.77. The second-order valence-corrected chi connectivity index (χ2v) is 3.37. The highest BCUT2D eigenvalue weighted by atomic mass is 16.5. The van der Waals surface area contributed by atoms with E-state index < -0.39 is 11.8 Å². The molecule has 0 aromatic carbocycles. The molecule has 0 amide bonds. The number of aromatic nitrogens is 2. The lowest BCUT2D eigenvalue weighted by atomic mass is 10.1. The number of ketones is 1. The number of carbonyl (C=O) groups is 2. The molecule has 0 saturated carbocycles. The van der Waals surface area contributed by atoms with Gasteiger partial charge in [0.1, 0.15) is 0 Å². The lowest BCUT2D eigenvalue weighted by Crippen LogP contribution is -2.16. The Labute approximate surface area is 91.4 Å². The minimum Gasteiger partial charge on any atom is -0.463 e. The van der Waals surface area contributed by atoms with Crippen molar-refractivity contribution in [2.24, 2.45) is 0 Å². The average molecular weight is 218 g/mol. The molecular formula is C11H10N2O3. The van der Waals surface area contributed by atoms with E-state index in [1.807, 2.05) is 0 Å². The summed E-state index contributed by atoms with van der Waals surface area (Å²) in [7, 11) is 1.19. The summed E-state index contributed by atoms with van der Waals surface area (Å²) in [4.78, 5) is 29.9. The van der Waals surface area contributed by atoms with Crippen LogP contribution in [0.15, 0.2) is 18.5 Å². The third-order valence-corrected chi connectivity index (χ3v) is 2.39. The third-order valence-electron chi connectivity index (χ3n) is 2.39. The van der Waals surface area contributed by atoms with Crippen molar-refractivity contribution in [1.29, 1.82) is 0 Å². The quantitative estimate of drug-likeness (QED) is 0.467. The molecule has 0 saturated heterocycles. The number of nitrogens with one attached hydrogen (secondary N) is 1. The van der Waals surface area contributed by atoms with Crippen LogP contribution in [0.5, 0.6) is 0 Å². The van der Waals surface area contributed by atoms with Gasteiger partial charge in [-0.3, -0.25) is 9.78 Å². The number of nitrogens with zero attached hydrogens (tertiary/aromatic N) is 1. The standard InChI is InChI=1S/C11H10N2O3/c1-6-9(10(14)11(15)16-2)7-3-4-12-5-8(7)13-6/h3-5,13H,1-2H3. The molecule has 0 radical (unpaired) electrons. The third kappa shape index (κ3) is 1.46. The SMILES string of the molecule is COC(=O)C(=O)c1c(C)[nH]c2cnccc12. The summed E-state index contributed by atoms with van der Waals surface area (Å²) in [6.07, 6.45) is 3.18. The molecule has 82 valence electrons. The smallest absolute Gasteiger partial charge is 0.379 e. The van der Waals surface area contributed by atoms with Crippen LogP contribution in [0.3, 0.4) is 0 Å². The van der Waals surface area contributed by atoms with Crippen LogP contribution >= 0.6 is 0 Å². The molecule has 0 unspecified atom stereocenters. The fourth-order valence-electron chi connectivity index (χ4n) is 1.67. The number of aromatic amines is 1. The molecule has 2 rings (SSSR count). The van der Waals surface area contributed by atoms with Crippen LogP contribution in [0, 0.1) is 6.92 Å². The summed E-state index contributed by atoms with van der Waals surface area (Å²) in [5, 5.41) is 0.683.